The van der Waals surface area contributed by atoms with Crippen LogP contribution in [0.4, 0.5) is 5.69 Å². The summed E-state index contributed by atoms with van der Waals surface area (Å²) in [5.74, 6) is -0.180. The van der Waals surface area contributed by atoms with Gasteiger partial charge in [0, 0.05) is 32.8 Å². The molecule has 1 N–H and O–H groups in total. The maximum absolute atomic E-state index is 13.3. The van der Waals surface area contributed by atoms with Crippen molar-refractivity contribution in [3.05, 3.63) is 65.7 Å². The highest BCUT2D eigenvalue weighted by atomic mass is 16.5. The average Bonchev–Trinajstić information content (AvgIpc) is 2.85. The maximum atomic E-state index is 13.3. The van der Waals surface area contributed by atoms with Gasteiger partial charge >= 0.3 is 0 Å². The van der Waals surface area contributed by atoms with Gasteiger partial charge in [0.25, 0.3) is 0 Å². The van der Waals surface area contributed by atoms with Crippen LogP contribution in [0.1, 0.15) is 17.5 Å². The minimum Gasteiger partial charge on any atom is -0.383 e. The topological polar surface area (TPSA) is 58.6 Å². The van der Waals surface area contributed by atoms with E-state index in [1.54, 1.807) is 19.1 Å². The Hall–Kier alpha value is -2.66. The van der Waals surface area contributed by atoms with Crippen molar-refractivity contribution in [2.75, 3.05) is 32.2 Å². The molecule has 1 heterocycles. The van der Waals surface area contributed by atoms with Crippen LogP contribution in [0, 0.1) is 0 Å². The number of anilines is 1. The van der Waals surface area contributed by atoms with Crippen LogP contribution in [0.15, 0.2) is 54.6 Å². The first-order valence-electron chi connectivity index (χ1n) is 8.76. The molecule has 5 nitrogen and oxygen atoms in total. The molecule has 1 atom stereocenters. The molecule has 136 valence electrons. The highest BCUT2D eigenvalue weighted by molar-refractivity contribution is 6.09. The molecule has 1 unspecified atom stereocenters. The fourth-order valence-electron chi connectivity index (χ4n) is 3.69. The number of benzene rings is 2. The van der Waals surface area contributed by atoms with Crippen molar-refractivity contribution < 1.29 is 14.3 Å². The number of fused-ring (bicyclic) bond motifs is 1. The van der Waals surface area contributed by atoms with Crippen molar-refractivity contribution >= 4 is 17.5 Å². The Kier molecular flexibility index (Phi) is 5.38. The molecule has 26 heavy (non-hydrogen) atoms. The zero-order chi connectivity index (χ0) is 18.6. The summed E-state index contributed by atoms with van der Waals surface area (Å²) in [6.45, 7) is 0.879. The summed E-state index contributed by atoms with van der Waals surface area (Å²) >= 11 is 0. The normalized spacial score (nSPS) is 18.7. The number of rotatable bonds is 7. The lowest BCUT2D eigenvalue weighted by Crippen LogP contribution is -2.44. The van der Waals surface area contributed by atoms with Crippen LogP contribution in [-0.4, -0.2) is 39.1 Å². The molecule has 2 aromatic carbocycles. The lowest BCUT2D eigenvalue weighted by molar-refractivity contribution is -0.129. The standard InChI is InChI=1S/C21H24N2O3/c1-23-18-11-7-6-10-17(18)21(20(23)25,14-16-8-4-3-5-9-16)15-19(24)22-12-13-26-2/h3-11H,12-15H2,1-2H3,(H,22,24). The quantitative estimate of drug-likeness (QED) is 0.778. The van der Waals surface area contributed by atoms with Gasteiger partial charge in [-0.15, -0.1) is 0 Å². The highest BCUT2D eigenvalue weighted by Gasteiger charge is 2.50. The Balaban J connectivity index is 1.97. The number of amides is 2. The lowest BCUT2D eigenvalue weighted by atomic mass is 9.73. The van der Waals surface area contributed by atoms with Crippen LogP contribution >= 0.6 is 0 Å². The predicted molar refractivity (Wildman–Crippen MR) is 101 cm³/mol. The Morgan fingerprint density at radius 2 is 1.81 bits per heavy atom. The van der Waals surface area contributed by atoms with E-state index in [0.29, 0.717) is 19.6 Å². The summed E-state index contributed by atoms with van der Waals surface area (Å²) in [7, 11) is 3.37. The summed E-state index contributed by atoms with van der Waals surface area (Å²) in [5.41, 5.74) is 1.94. The molecule has 0 fully saturated rings. The van der Waals surface area contributed by atoms with Gasteiger partial charge in [0.15, 0.2) is 0 Å². The molecular weight excluding hydrogens is 328 g/mol. The van der Waals surface area contributed by atoms with Crippen molar-refractivity contribution in [3.8, 4) is 0 Å². The van der Waals surface area contributed by atoms with E-state index in [1.165, 1.54) is 0 Å². The Labute approximate surface area is 154 Å². The van der Waals surface area contributed by atoms with E-state index in [2.05, 4.69) is 5.32 Å². The largest absolute Gasteiger partial charge is 0.383 e. The number of nitrogens with zero attached hydrogens (tertiary/aromatic N) is 1. The molecule has 2 aromatic rings. The monoisotopic (exact) mass is 352 g/mol. The van der Waals surface area contributed by atoms with Gasteiger partial charge in [-0.25, -0.2) is 0 Å². The van der Waals surface area contributed by atoms with E-state index >= 15 is 0 Å². The van der Waals surface area contributed by atoms with Crippen LogP contribution in [0.2, 0.25) is 0 Å². The molecule has 0 saturated heterocycles. The first kappa shape index (κ1) is 18.1. The minimum atomic E-state index is -0.885. The number of hydrogen-bond donors (Lipinski definition) is 1. The number of para-hydroxylation sites is 1. The van der Waals surface area contributed by atoms with Crippen molar-refractivity contribution in [2.45, 2.75) is 18.3 Å². The Morgan fingerprint density at radius 3 is 2.54 bits per heavy atom. The van der Waals surface area contributed by atoms with Crippen molar-refractivity contribution in [1.82, 2.24) is 5.32 Å². The lowest BCUT2D eigenvalue weighted by Gasteiger charge is -2.28. The fraction of sp³-hybridized carbons (Fsp3) is 0.333. The van der Waals surface area contributed by atoms with Crippen LogP contribution in [0.25, 0.3) is 0 Å². The maximum Gasteiger partial charge on any atom is 0.238 e. The van der Waals surface area contributed by atoms with Gasteiger partial charge < -0.3 is 15.0 Å². The second kappa shape index (κ2) is 7.70. The summed E-state index contributed by atoms with van der Waals surface area (Å²) in [6.07, 6.45) is 0.609. The second-order valence-corrected chi connectivity index (χ2v) is 6.65. The Morgan fingerprint density at radius 1 is 1.12 bits per heavy atom. The van der Waals surface area contributed by atoms with Gasteiger partial charge in [-0.1, -0.05) is 48.5 Å². The summed E-state index contributed by atoms with van der Waals surface area (Å²) in [6, 6.07) is 17.6. The number of methoxy groups -OCH3 is 1. The van der Waals surface area contributed by atoms with E-state index in [1.807, 2.05) is 54.6 Å². The van der Waals surface area contributed by atoms with Gasteiger partial charge in [-0.3, -0.25) is 9.59 Å². The molecule has 0 aliphatic carbocycles. The zero-order valence-corrected chi connectivity index (χ0v) is 15.2. The third-order valence-electron chi connectivity index (χ3n) is 4.93. The van der Waals surface area contributed by atoms with Gasteiger partial charge in [0.2, 0.25) is 11.8 Å². The molecule has 1 aliphatic heterocycles. The molecule has 0 saturated carbocycles. The van der Waals surface area contributed by atoms with Gasteiger partial charge in [0.05, 0.1) is 12.0 Å². The number of hydrogen-bond acceptors (Lipinski definition) is 3. The predicted octanol–water partition coefficient (Wildman–Crippen LogP) is 2.30. The van der Waals surface area contributed by atoms with Crippen molar-refractivity contribution in [2.24, 2.45) is 0 Å². The molecule has 0 spiro atoms. The third-order valence-corrected chi connectivity index (χ3v) is 4.93. The summed E-state index contributed by atoms with van der Waals surface area (Å²) in [4.78, 5) is 27.5. The zero-order valence-electron chi connectivity index (χ0n) is 15.2. The summed E-state index contributed by atoms with van der Waals surface area (Å²) < 4.78 is 4.99. The molecule has 0 bridgehead atoms. The first-order valence-corrected chi connectivity index (χ1v) is 8.76. The van der Waals surface area contributed by atoms with E-state index in [0.717, 1.165) is 16.8 Å². The van der Waals surface area contributed by atoms with Crippen LogP contribution in [0.3, 0.4) is 0 Å². The number of likely N-dealkylation sites (N-methyl/N-ethyl adjacent to an activating group) is 1. The molecule has 5 heteroatoms. The van der Waals surface area contributed by atoms with Crippen LogP contribution in [0.5, 0.6) is 0 Å². The molecule has 0 radical (unpaired) electrons. The SMILES string of the molecule is COCCNC(=O)CC1(Cc2ccccc2)C(=O)N(C)c2ccccc21. The molecule has 0 aromatic heterocycles. The molecule has 1 aliphatic rings. The van der Waals surface area contributed by atoms with E-state index in [-0.39, 0.29) is 18.2 Å². The number of carbonyl (C=O) groups excluding carboxylic acids is 2. The number of ether oxygens (including phenoxy) is 1. The smallest absolute Gasteiger partial charge is 0.238 e. The number of nitrogens with one attached hydrogen (secondary N) is 1. The van der Waals surface area contributed by atoms with Gasteiger partial charge in [-0.05, 0) is 23.6 Å². The van der Waals surface area contributed by atoms with Gasteiger partial charge in [0.1, 0.15) is 0 Å². The average molecular weight is 352 g/mol. The second-order valence-electron chi connectivity index (χ2n) is 6.65. The third kappa shape index (κ3) is 3.35. The molecule has 2 amide bonds. The summed E-state index contributed by atoms with van der Waals surface area (Å²) in [5, 5.41) is 2.85. The fourth-order valence-corrected chi connectivity index (χ4v) is 3.69. The minimum absolute atomic E-state index is 0.0376. The van der Waals surface area contributed by atoms with E-state index in [4.69, 9.17) is 4.74 Å². The first-order chi connectivity index (χ1) is 12.6. The van der Waals surface area contributed by atoms with Crippen LogP contribution in [-0.2, 0) is 26.2 Å². The van der Waals surface area contributed by atoms with Crippen molar-refractivity contribution in [3.63, 3.8) is 0 Å². The van der Waals surface area contributed by atoms with Crippen LogP contribution < -0.4 is 10.2 Å². The number of carbonyl (C=O) groups is 2. The van der Waals surface area contributed by atoms with Crippen molar-refractivity contribution in [1.29, 1.82) is 0 Å². The Bertz CT molecular complexity index is 791. The van der Waals surface area contributed by atoms with Gasteiger partial charge in [-0.2, -0.15) is 0 Å². The molecular formula is C21H24N2O3. The van der Waals surface area contributed by atoms with E-state index in [9.17, 15) is 9.59 Å². The molecule has 3 rings (SSSR count). The highest BCUT2D eigenvalue weighted by Crippen LogP contribution is 2.45. The van der Waals surface area contributed by atoms with E-state index < -0.39 is 5.41 Å².